The zero-order chi connectivity index (χ0) is 10.4. The van der Waals surface area contributed by atoms with Crippen molar-refractivity contribution in [1.82, 2.24) is 10.3 Å². The first kappa shape index (κ1) is 10.7. The summed E-state index contributed by atoms with van der Waals surface area (Å²) in [6.07, 6.45) is 3.54. The second-order valence-electron chi connectivity index (χ2n) is 2.90. The number of ether oxygens (including phenoxy) is 1. The molecule has 4 heteroatoms. The summed E-state index contributed by atoms with van der Waals surface area (Å²) in [5.74, 6) is -0.107. The quantitative estimate of drug-likeness (QED) is 0.754. The Morgan fingerprint density at radius 3 is 2.71 bits per heavy atom. The van der Waals surface area contributed by atoms with Gasteiger partial charge in [-0.15, -0.1) is 0 Å². The number of nitrogens with one attached hydrogen (secondary N) is 1. The van der Waals surface area contributed by atoms with E-state index in [1.807, 2.05) is 12.1 Å². The summed E-state index contributed by atoms with van der Waals surface area (Å²) in [5, 5.41) is 2.56. The zero-order valence-corrected chi connectivity index (χ0v) is 8.36. The molecule has 0 aliphatic carbocycles. The molecule has 1 aromatic rings. The van der Waals surface area contributed by atoms with E-state index >= 15 is 0 Å². The van der Waals surface area contributed by atoms with Crippen LogP contribution in [0.4, 0.5) is 0 Å². The van der Waals surface area contributed by atoms with Crippen LogP contribution < -0.4 is 5.32 Å². The summed E-state index contributed by atoms with van der Waals surface area (Å²) in [7, 11) is 3.13. The standard InChI is InChI=1S/C10H14N2O2/c1-11-10(13)9(14-2)7-8-3-5-12-6-4-8/h3-6,9H,7H2,1-2H3,(H,11,13). The van der Waals surface area contributed by atoms with Crippen molar-refractivity contribution in [2.45, 2.75) is 12.5 Å². The number of hydrogen-bond acceptors (Lipinski definition) is 3. The highest BCUT2D eigenvalue weighted by Crippen LogP contribution is 2.04. The van der Waals surface area contributed by atoms with Gasteiger partial charge in [0.05, 0.1) is 0 Å². The predicted octanol–water partition coefficient (Wildman–Crippen LogP) is 0.385. The third-order valence-electron chi connectivity index (χ3n) is 1.99. The lowest BCUT2D eigenvalue weighted by atomic mass is 10.1. The van der Waals surface area contributed by atoms with Crippen LogP contribution in [0.2, 0.25) is 0 Å². The molecule has 0 radical (unpaired) electrons. The maximum absolute atomic E-state index is 11.3. The predicted molar refractivity (Wildman–Crippen MR) is 52.8 cm³/mol. The van der Waals surface area contributed by atoms with Crippen LogP contribution in [0.1, 0.15) is 5.56 Å². The Morgan fingerprint density at radius 1 is 1.57 bits per heavy atom. The van der Waals surface area contributed by atoms with Crippen LogP contribution in [0, 0.1) is 0 Å². The number of aromatic nitrogens is 1. The summed E-state index contributed by atoms with van der Waals surface area (Å²) in [6.45, 7) is 0. The summed E-state index contributed by atoms with van der Waals surface area (Å²) in [5.41, 5.74) is 1.04. The fraction of sp³-hybridized carbons (Fsp3) is 0.400. The Hall–Kier alpha value is -1.42. The fourth-order valence-corrected chi connectivity index (χ4v) is 1.18. The van der Waals surface area contributed by atoms with Crippen molar-refractivity contribution in [1.29, 1.82) is 0 Å². The van der Waals surface area contributed by atoms with E-state index < -0.39 is 6.10 Å². The Kier molecular flexibility index (Phi) is 4.07. The van der Waals surface area contributed by atoms with Gasteiger partial charge in [-0.3, -0.25) is 9.78 Å². The number of rotatable bonds is 4. The van der Waals surface area contributed by atoms with E-state index in [0.717, 1.165) is 5.56 Å². The lowest BCUT2D eigenvalue weighted by molar-refractivity contribution is -0.130. The first-order valence-corrected chi connectivity index (χ1v) is 4.41. The number of methoxy groups -OCH3 is 1. The minimum atomic E-state index is -0.428. The van der Waals surface area contributed by atoms with Crippen LogP contribution in [0.5, 0.6) is 0 Å². The normalized spacial score (nSPS) is 12.1. The molecular weight excluding hydrogens is 180 g/mol. The van der Waals surface area contributed by atoms with Gasteiger partial charge in [-0.1, -0.05) is 0 Å². The number of nitrogens with zero attached hydrogens (tertiary/aromatic N) is 1. The van der Waals surface area contributed by atoms with Gasteiger partial charge in [0.2, 0.25) is 5.91 Å². The first-order valence-electron chi connectivity index (χ1n) is 4.41. The van der Waals surface area contributed by atoms with E-state index in [0.29, 0.717) is 6.42 Å². The van der Waals surface area contributed by atoms with Crippen LogP contribution >= 0.6 is 0 Å². The minimum absolute atomic E-state index is 0.107. The molecule has 76 valence electrons. The average molecular weight is 194 g/mol. The van der Waals surface area contributed by atoms with Crippen molar-refractivity contribution in [3.63, 3.8) is 0 Å². The molecule has 0 fully saturated rings. The van der Waals surface area contributed by atoms with Gasteiger partial charge < -0.3 is 10.1 Å². The highest BCUT2D eigenvalue weighted by atomic mass is 16.5. The molecular formula is C10H14N2O2. The number of pyridine rings is 1. The van der Waals surface area contributed by atoms with E-state index in [9.17, 15) is 4.79 Å². The second-order valence-corrected chi connectivity index (χ2v) is 2.90. The zero-order valence-electron chi connectivity index (χ0n) is 8.36. The molecule has 0 aliphatic rings. The van der Waals surface area contributed by atoms with Crippen molar-refractivity contribution in [3.05, 3.63) is 30.1 Å². The number of carbonyl (C=O) groups is 1. The molecule has 14 heavy (non-hydrogen) atoms. The maximum Gasteiger partial charge on any atom is 0.249 e. The fourth-order valence-electron chi connectivity index (χ4n) is 1.18. The molecule has 1 heterocycles. The highest BCUT2D eigenvalue weighted by molar-refractivity contribution is 5.80. The third kappa shape index (κ3) is 2.81. The van der Waals surface area contributed by atoms with E-state index in [1.165, 1.54) is 7.11 Å². The van der Waals surface area contributed by atoms with Gasteiger partial charge in [0, 0.05) is 33.0 Å². The smallest absolute Gasteiger partial charge is 0.249 e. The van der Waals surface area contributed by atoms with E-state index in [1.54, 1.807) is 19.4 Å². The van der Waals surface area contributed by atoms with Gasteiger partial charge in [0.15, 0.2) is 0 Å². The molecule has 1 unspecified atom stereocenters. The molecule has 1 atom stereocenters. The Balaban J connectivity index is 2.62. The van der Waals surface area contributed by atoms with Gasteiger partial charge in [-0.25, -0.2) is 0 Å². The molecule has 1 N–H and O–H groups in total. The topological polar surface area (TPSA) is 51.2 Å². The first-order chi connectivity index (χ1) is 6.77. The Labute approximate surface area is 83.3 Å². The molecule has 0 saturated carbocycles. The van der Waals surface area contributed by atoms with E-state index in [4.69, 9.17) is 4.74 Å². The van der Waals surface area contributed by atoms with Crippen LogP contribution in [0.25, 0.3) is 0 Å². The molecule has 0 aromatic carbocycles. The lowest BCUT2D eigenvalue weighted by Gasteiger charge is -2.13. The van der Waals surface area contributed by atoms with Crippen molar-refractivity contribution < 1.29 is 9.53 Å². The maximum atomic E-state index is 11.3. The molecule has 0 bridgehead atoms. The number of hydrogen-bond donors (Lipinski definition) is 1. The van der Waals surface area contributed by atoms with Crippen LogP contribution in [0.15, 0.2) is 24.5 Å². The molecule has 1 rings (SSSR count). The largest absolute Gasteiger partial charge is 0.371 e. The van der Waals surface area contributed by atoms with Crippen molar-refractivity contribution in [2.75, 3.05) is 14.2 Å². The Morgan fingerprint density at radius 2 is 2.21 bits per heavy atom. The van der Waals surface area contributed by atoms with Crippen molar-refractivity contribution in [3.8, 4) is 0 Å². The van der Waals surface area contributed by atoms with E-state index in [-0.39, 0.29) is 5.91 Å². The monoisotopic (exact) mass is 194 g/mol. The van der Waals surface area contributed by atoms with Gasteiger partial charge in [0.1, 0.15) is 6.10 Å². The molecule has 1 aromatic heterocycles. The van der Waals surface area contributed by atoms with Gasteiger partial charge >= 0.3 is 0 Å². The lowest BCUT2D eigenvalue weighted by Crippen LogP contribution is -2.34. The average Bonchev–Trinajstić information content (AvgIpc) is 2.26. The molecule has 1 amide bonds. The Bertz CT molecular complexity index is 287. The summed E-state index contributed by atoms with van der Waals surface area (Å²) in [4.78, 5) is 15.2. The highest BCUT2D eigenvalue weighted by Gasteiger charge is 2.16. The third-order valence-corrected chi connectivity index (χ3v) is 1.99. The number of amides is 1. The summed E-state index contributed by atoms with van der Waals surface area (Å²) < 4.78 is 5.07. The SMILES string of the molecule is CNC(=O)C(Cc1ccncc1)OC. The van der Waals surface area contributed by atoms with E-state index in [2.05, 4.69) is 10.3 Å². The molecule has 4 nitrogen and oxygen atoms in total. The van der Waals surface area contributed by atoms with Crippen LogP contribution in [-0.4, -0.2) is 31.2 Å². The van der Waals surface area contributed by atoms with Crippen LogP contribution in [-0.2, 0) is 16.0 Å². The minimum Gasteiger partial charge on any atom is -0.371 e. The summed E-state index contributed by atoms with van der Waals surface area (Å²) >= 11 is 0. The van der Waals surface area contributed by atoms with Crippen LogP contribution in [0.3, 0.4) is 0 Å². The van der Waals surface area contributed by atoms with Crippen molar-refractivity contribution in [2.24, 2.45) is 0 Å². The number of carbonyl (C=O) groups excluding carboxylic acids is 1. The second kappa shape index (κ2) is 5.34. The summed E-state index contributed by atoms with van der Waals surface area (Å²) in [6, 6.07) is 3.74. The van der Waals surface area contributed by atoms with Gasteiger partial charge in [-0.05, 0) is 17.7 Å². The number of likely N-dealkylation sites (N-methyl/N-ethyl adjacent to an activating group) is 1. The molecule has 0 aliphatic heterocycles. The van der Waals surface area contributed by atoms with Gasteiger partial charge in [-0.2, -0.15) is 0 Å². The van der Waals surface area contributed by atoms with Gasteiger partial charge in [0.25, 0.3) is 0 Å². The molecule has 0 saturated heterocycles. The van der Waals surface area contributed by atoms with Crippen molar-refractivity contribution >= 4 is 5.91 Å². The molecule has 0 spiro atoms.